The molecule has 2 heteroatoms. The first-order valence-electron chi connectivity index (χ1n) is 7.93. The summed E-state index contributed by atoms with van der Waals surface area (Å²) >= 11 is 0. The highest BCUT2D eigenvalue weighted by molar-refractivity contribution is 5.21. The maximum atomic E-state index is 3.73. The lowest BCUT2D eigenvalue weighted by Gasteiger charge is -2.40. The smallest absolute Gasteiger partial charge is 0.0449 e. The number of piperazine rings is 1. The van der Waals surface area contributed by atoms with Gasteiger partial charge in [-0.05, 0) is 24.1 Å². The second kappa shape index (κ2) is 6.88. The quantitative estimate of drug-likeness (QED) is 0.924. The molecule has 1 heterocycles. The maximum absolute atomic E-state index is 3.73. The third kappa shape index (κ3) is 3.52. The number of nitrogens with one attached hydrogen (secondary N) is 1. The summed E-state index contributed by atoms with van der Waals surface area (Å²) in [5.41, 5.74) is 2.83. The molecule has 2 atom stereocenters. The molecule has 2 aromatic rings. The van der Waals surface area contributed by atoms with E-state index in [1.807, 2.05) is 0 Å². The Morgan fingerprint density at radius 2 is 1.67 bits per heavy atom. The van der Waals surface area contributed by atoms with Crippen LogP contribution in [0.4, 0.5) is 0 Å². The van der Waals surface area contributed by atoms with Gasteiger partial charge in [0.15, 0.2) is 0 Å². The molecule has 0 radical (unpaired) electrons. The SMILES string of the molecule is CCN1CC(c2ccccc2)NCC1Cc1ccccc1. The van der Waals surface area contributed by atoms with E-state index in [2.05, 4.69) is 77.8 Å². The average Bonchev–Trinajstić information content (AvgIpc) is 2.57. The zero-order valence-electron chi connectivity index (χ0n) is 12.7. The van der Waals surface area contributed by atoms with E-state index in [9.17, 15) is 0 Å². The van der Waals surface area contributed by atoms with Crippen LogP contribution in [0.3, 0.4) is 0 Å². The van der Waals surface area contributed by atoms with Crippen molar-refractivity contribution in [2.75, 3.05) is 19.6 Å². The summed E-state index contributed by atoms with van der Waals surface area (Å²) in [7, 11) is 0. The molecule has 21 heavy (non-hydrogen) atoms. The highest BCUT2D eigenvalue weighted by Gasteiger charge is 2.27. The minimum atomic E-state index is 0.457. The monoisotopic (exact) mass is 280 g/mol. The lowest BCUT2D eigenvalue weighted by atomic mass is 9.98. The Labute approximate surface area is 127 Å². The number of rotatable bonds is 4. The van der Waals surface area contributed by atoms with Gasteiger partial charge in [-0.15, -0.1) is 0 Å². The van der Waals surface area contributed by atoms with Crippen molar-refractivity contribution in [3.8, 4) is 0 Å². The molecule has 0 amide bonds. The largest absolute Gasteiger partial charge is 0.307 e. The van der Waals surface area contributed by atoms with Gasteiger partial charge in [0.05, 0.1) is 0 Å². The summed E-state index contributed by atoms with van der Waals surface area (Å²) in [5.74, 6) is 0. The molecule has 2 aromatic carbocycles. The Kier molecular flexibility index (Phi) is 4.69. The summed E-state index contributed by atoms with van der Waals surface area (Å²) in [6, 6.07) is 22.7. The number of hydrogen-bond acceptors (Lipinski definition) is 2. The summed E-state index contributed by atoms with van der Waals surface area (Å²) in [5, 5.41) is 3.73. The number of nitrogens with zero attached hydrogens (tertiary/aromatic N) is 1. The van der Waals surface area contributed by atoms with E-state index in [-0.39, 0.29) is 0 Å². The van der Waals surface area contributed by atoms with Gasteiger partial charge in [-0.2, -0.15) is 0 Å². The minimum absolute atomic E-state index is 0.457. The van der Waals surface area contributed by atoms with E-state index in [4.69, 9.17) is 0 Å². The summed E-state index contributed by atoms with van der Waals surface area (Å²) in [6.07, 6.45) is 1.13. The normalized spacial score (nSPS) is 23.1. The lowest BCUT2D eigenvalue weighted by Crippen LogP contribution is -2.53. The van der Waals surface area contributed by atoms with Crippen LogP contribution in [0.15, 0.2) is 60.7 Å². The Bertz CT molecular complexity index is 538. The Hall–Kier alpha value is -1.64. The molecule has 2 unspecified atom stereocenters. The third-order valence-electron chi connectivity index (χ3n) is 4.46. The molecule has 3 rings (SSSR count). The van der Waals surface area contributed by atoms with Crippen molar-refractivity contribution in [3.05, 3.63) is 71.8 Å². The fourth-order valence-electron chi connectivity index (χ4n) is 3.24. The highest BCUT2D eigenvalue weighted by atomic mass is 15.2. The molecule has 0 aliphatic carbocycles. The molecule has 0 aromatic heterocycles. The van der Waals surface area contributed by atoms with Gasteiger partial charge >= 0.3 is 0 Å². The fraction of sp³-hybridized carbons (Fsp3) is 0.368. The van der Waals surface area contributed by atoms with Crippen LogP contribution in [0.25, 0.3) is 0 Å². The van der Waals surface area contributed by atoms with E-state index in [0.717, 1.165) is 26.1 Å². The van der Waals surface area contributed by atoms with Crippen LogP contribution in [-0.4, -0.2) is 30.6 Å². The molecule has 0 spiro atoms. The summed E-state index contributed by atoms with van der Waals surface area (Å²) < 4.78 is 0. The molecular weight excluding hydrogens is 256 g/mol. The molecule has 1 saturated heterocycles. The first-order chi connectivity index (χ1) is 10.4. The van der Waals surface area contributed by atoms with E-state index in [1.54, 1.807) is 0 Å². The molecule has 0 bridgehead atoms. The lowest BCUT2D eigenvalue weighted by molar-refractivity contribution is 0.136. The first kappa shape index (κ1) is 14.3. The maximum Gasteiger partial charge on any atom is 0.0449 e. The van der Waals surface area contributed by atoms with Gasteiger partial charge in [0.1, 0.15) is 0 Å². The predicted octanol–water partition coefficient (Wildman–Crippen LogP) is 3.26. The number of hydrogen-bond donors (Lipinski definition) is 1. The van der Waals surface area contributed by atoms with Crippen molar-refractivity contribution in [3.63, 3.8) is 0 Å². The van der Waals surface area contributed by atoms with E-state index < -0.39 is 0 Å². The zero-order valence-corrected chi connectivity index (χ0v) is 12.7. The third-order valence-corrected chi connectivity index (χ3v) is 4.46. The average molecular weight is 280 g/mol. The van der Waals surface area contributed by atoms with Gasteiger partial charge < -0.3 is 5.32 Å². The molecule has 0 saturated carbocycles. The molecule has 1 fully saturated rings. The van der Waals surface area contributed by atoms with Gasteiger partial charge in [-0.25, -0.2) is 0 Å². The topological polar surface area (TPSA) is 15.3 Å². The molecule has 1 aliphatic rings. The molecule has 110 valence electrons. The van der Waals surface area contributed by atoms with Crippen molar-refractivity contribution in [1.29, 1.82) is 0 Å². The van der Waals surface area contributed by atoms with Crippen molar-refractivity contribution in [2.45, 2.75) is 25.4 Å². The zero-order chi connectivity index (χ0) is 14.5. The molecule has 2 nitrogen and oxygen atoms in total. The van der Waals surface area contributed by atoms with Gasteiger partial charge in [-0.1, -0.05) is 67.6 Å². The Morgan fingerprint density at radius 1 is 1.00 bits per heavy atom. The van der Waals surface area contributed by atoms with Crippen molar-refractivity contribution >= 4 is 0 Å². The van der Waals surface area contributed by atoms with Crippen LogP contribution >= 0.6 is 0 Å². The standard InChI is InChI=1S/C19H24N2/c1-2-21-15-19(17-11-7-4-8-12-17)20-14-18(21)13-16-9-5-3-6-10-16/h3-12,18-20H,2,13-15H2,1H3. The van der Waals surface area contributed by atoms with E-state index in [0.29, 0.717) is 12.1 Å². The fourth-order valence-corrected chi connectivity index (χ4v) is 3.24. The predicted molar refractivity (Wildman–Crippen MR) is 88.4 cm³/mol. The Morgan fingerprint density at radius 3 is 2.33 bits per heavy atom. The van der Waals surface area contributed by atoms with Crippen LogP contribution in [-0.2, 0) is 6.42 Å². The van der Waals surface area contributed by atoms with Crippen LogP contribution in [0.5, 0.6) is 0 Å². The first-order valence-corrected chi connectivity index (χ1v) is 7.93. The van der Waals surface area contributed by atoms with Crippen LogP contribution < -0.4 is 5.32 Å². The molecule has 1 N–H and O–H groups in total. The summed E-state index contributed by atoms with van der Waals surface area (Å²) in [6.45, 7) is 5.54. The van der Waals surface area contributed by atoms with Crippen molar-refractivity contribution in [1.82, 2.24) is 10.2 Å². The van der Waals surface area contributed by atoms with Crippen LogP contribution in [0.2, 0.25) is 0 Å². The van der Waals surface area contributed by atoms with Gasteiger partial charge in [0.25, 0.3) is 0 Å². The van der Waals surface area contributed by atoms with Gasteiger partial charge in [-0.3, -0.25) is 4.90 Å². The number of likely N-dealkylation sites (N-methyl/N-ethyl adjacent to an activating group) is 1. The van der Waals surface area contributed by atoms with E-state index >= 15 is 0 Å². The summed E-state index contributed by atoms with van der Waals surface area (Å²) in [4.78, 5) is 2.61. The van der Waals surface area contributed by atoms with Crippen LogP contribution in [0, 0.1) is 0 Å². The van der Waals surface area contributed by atoms with Crippen molar-refractivity contribution < 1.29 is 0 Å². The van der Waals surface area contributed by atoms with E-state index in [1.165, 1.54) is 11.1 Å². The van der Waals surface area contributed by atoms with Gasteiger partial charge in [0.2, 0.25) is 0 Å². The minimum Gasteiger partial charge on any atom is -0.307 e. The number of benzene rings is 2. The molecule has 1 aliphatic heterocycles. The highest BCUT2D eigenvalue weighted by Crippen LogP contribution is 2.21. The van der Waals surface area contributed by atoms with Crippen molar-refractivity contribution in [2.24, 2.45) is 0 Å². The van der Waals surface area contributed by atoms with Gasteiger partial charge in [0, 0.05) is 25.2 Å². The second-order valence-corrected chi connectivity index (χ2v) is 5.80. The van der Waals surface area contributed by atoms with Crippen LogP contribution in [0.1, 0.15) is 24.1 Å². The second-order valence-electron chi connectivity index (χ2n) is 5.80. The molecular formula is C19H24N2. The Balaban J connectivity index is 1.67.